The molecule has 0 N–H and O–H groups in total. The van der Waals surface area contributed by atoms with Gasteiger partial charge in [0.15, 0.2) is 0 Å². The zero-order valence-electron chi connectivity index (χ0n) is 14.8. The number of fused-ring (bicyclic) bond motifs is 1. The lowest BCUT2D eigenvalue weighted by Gasteiger charge is -2.21. The average molecular weight is 353 g/mol. The minimum absolute atomic E-state index is 0.00521. The number of carbonyl (C=O) groups is 1. The van der Waals surface area contributed by atoms with E-state index in [2.05, 4.69) is 5.10 Å². The van der Waals surface area contributed by atoms with Gasteiger partial charge in [-0.2, -0.15) is 5.10 Å². The van der Waals surface area contributed by atoms with Gasteiger partial charge < -0.3 is 4.74 Å². The van der Waals surface area contributed by atoms with Crippen LogP contribution in [0.25, 0.3) is 0 Å². The summed E-state index contributed by atoms with van der Waals surface area (Å²) in [5.74, 6) is 0.527. The Balaban J connectivity index is 2.19. The molecule has 26 heavy (non-hydrogen) atoms. The van der Waals surface area contributed by atoms with Gasteiger partial charge in [-0.1, -0.05) is 6.07 Å². The van der Waals surface area contributed by atoms with Crippen molar-refractivity contribution in [3.63, 3.8) is 0 Å². The summed E-state index contributed by atoms with van der Waals surface area (Å²) in [7, 11) is 1.59. The third-order valence-electron chi connectivity index (χ3n) is 4.39. The van der Waals surface area contributed by atoms with Crippen molar-refractivity contribution >= 4 is 17.3 Å². The normalized spacial score (nSPS) is 16.3. The Bertz CT molecular complexity index is 890. The molecule has 1 unspecified atom stereocenters. The Labute approximate surface area is 151 Å². The fourth-order valence-electron chi connectivity index (χ4n) is 3.08. The molecule has 0 aliphatic carbocycles. The minimum atomic E-state index is -0.445. The zero-order chi connectivity index (χ0) is 18.8. The molecule has 7 heteroatoms. The van der Waals surface area contributed by atoms with Crippen LogP contribution >= 0.6 is 0 Å². The number of non-ortho nitro benzene ring substituents is 1. The van der Waals surface area contributed by atoms with E-state index in [1.165, 1.54) is 24.1 Å². The lowest BCUT2D eigenvalue weighted by atomic mass is 9.94. The molecule has 2 aromatic rings. The van der Waals surface area contributed by atoms with Crippen LogP contribution in [0.15, 0.2) is 47.6 Å². The second-order valence-electron chi connectivity index (χ2n) is 6.19. The number of ether oxygens (including phenoxy) is 1. The van der Waals surface area contributed by atoms with Crippen molar-refractivity contribution in [3.8, 4) is 5.75 Å². The molecule has 3 rings (SSSR count). The monoisotopic (exact) mass is 353 g/mol. The van der Waals surface area contributed by atoms with Crippen LogP contribution in [-0.2, 0) is 11.2 Å². The van der Waals surface area contributed by atoms with E-state index in [0.29, 0.717) is 23.4 Å². The molecule has 1 atom stereocenters. The Morgan fingerprint density at radius 3 is 2.54 bits per heavy atom. The first kappa shape index (κ1) is 17.6. The Kier molecular flexibility index (Phi) is 4.71. The summed E-state index contributed by atoms with van der Waals surface area (Å²) < 4.78 is 5.33. The maximum atomic E-state index is 12.1. The molecule has 2 aromatic carbocycles. The molecular weight excluding hydrogens is 334 g/mol. The number of methoxy groups -OCH3 is 1. The summed E-state index contributed by atoms with van der Waals surface area (Å²) in [5, 5.41) is 17.0. The van der Waals surface area contributed by atoms with Gasteiger partial charge in [-0.3, -0.25) is 14.9 Å². The number of nitro groups is 1. The summed E-state index contributed by atoms with van der Waals surface area (Å²) in [6.45, 7) is 3.42. The lowest BCUT2D eigenvalue weighted by Crippen LogP contribution is -2.33. The molecule has 0 saturated carbocycles. The van der Waals surface area contributed by atoms with Gasteiger partial charge in [0.25, 0.3) is 5.69 Å². The van der Waals surface area contributed by atoms with Crippen LogP contribution in [0.4, 0.5) is 5.69 Å². The maximum absolute atomic E-state index is 12.1. The second kappa shape index (κ2) is 6.95. The average Bonchev–Trinajstić information content (AvgIpc) is 2.77. The first-order valence-electron chi connectivity index (χ1n) is 8.21. The standard InChI is InChI=1S/C19H19N3O4/c1-12-10-15-6-9-17(26-3)11-18(15)19(20-21(12)13(2)23)14-4-7-16(8-5-14)22(24)25/h4-9,11-12H,10H2,1-3H3. The lowest BCUT2D eigenvalue weighted by molar-refractivity contribution is -0.384. The summed E-state index contributed by atoms with van der Waals surface area (Å²) in [6, 6.07) is 11.8. The molecule has 7 nitrogen and oxygen atoms in total. The van der Waals surface area contributed by atoms with Gasteiger partial charge in [-0.05, 0) is 43.2 Å². The van der Waals surface area contributed by atoms with Gasteiger partial charge in [0.2, 0.25) is 5.91 Å². The molecule has 0 bridgehead atoms. The van der Waals surface area contributed by atoms with E-state index < -0.39 is 4.92 Å². The Hall–Kier alpha value is -3.22. The fourth-order valence-corrected chi connectivity index (χ4v) is 3.08. The van der Waals surface area contributed by atoms with Crippen LogP contribution in [0.2, 0.25) is 0 Å². The third-order valence-corrected chi connectivity index (χ3v) is 4.39. The van der Waals surface area contributed by atoms with Crippen LogP contribution in [-0.4, -0.2) is 34.7 Å². The maximum Gasteiger partial charge on any atom is 0.269 e. The molecule has 0 saturated heterocycles. The highest BCUT2D eigenvalue weighted by Crippen LogP contribution is 2.27. The van der Waals surface area contributed by atoms with Gasteiger partial charge in [-0.15, -0.1) is 0 Å². The van der Waals surface area contributed by atoms with E-state index in [-0.39, 0.29) is 17.6 Å². The molecule has 1 aliphatic rings. The number of hydrogen-bond acceptors (Lipinski definition) is 5. The van der Waals surface area contributed by atoms with E-state index in [4.69, 9.17) is 4.74 Å². The molecule has 1 heterocycles. The molecule has 0 fully saturated rings. The van der Waals surface area contributed by atoms with Crippen molar-refractivity contribution < 1.29 is 14.5 Å². The van der Waals surface area contributed by atoms with Crippen molar-refractivity contribution in [2.24, 2.45) is 5.10 Å². The number of nitro benzene ring substituents is 1. The van der Waals surface area contributed by atoms with Gasteiger partial charge >= 0.3 is 0 Å². The first-order chi connectivity index (χ1) is 12.4. The van der Waals surface area contributed by atoms with Crippen molar-refractivity contribution in [3.05, 3.63) is 69.3 Å². The molecule has 1 aliphatic heterocycles. The molecule has 0 aromatic heterocycles. The van der Waals surface area contributed by atoms with E-state index in [1.807, 2.05) is 25.1 Å². The van der Waals surface area contributed by atoms with Crippen molar-refractivity contribution in [1.82, 2.24) is 5.01 Å². The van der Waals surface area contributed by atoms with Gasteiger partial charge in [0.05, 0.1) is 23.8 Å². The Morgan fingerprint density at radius 2 is 1.96 bits per heavy atom. The van der Waals surface area contributed by atoms with Crippen LogP contribution in [0.5, 0.6) is 5.75 Å². The number of carbonyl (C=O) groups excluding carboxylic acids is 1. The number of benzene rings is 2. The second-order valence-corrected chi connectivity index (χ2v) is 6.19. The molecule has 0 spiro atoms. The zero-order valence-corrected chi connectivity index (χ0v) is 14.8. The SMILES string of the molecule is COc1ccc2c(c1)C(c1ccc([N+](=O)[O-])cc1)=NN(C(C)=O)C(C)C2. The quantitative estimate of drug-likeness (QED) is 0.627. The predicted octanol–water partition coefficient (Wildman–Crippen LogP) is 3.15. The molecular formula is C19H19N3O4. The van der Waals surface area contributed by atoms with E-state index >= 15 is 0 Å². The summed E-state index contributed by atoms with van der Waals surface area (Å²) in [6.07, 6.45) is 0.652. The van der Waals surface area contributed by atoms with E-state index in [9.17, 15) is 14.9 Å². The number of nitrogens with zero attached hydrogens (tertiary/aromatic N) is 3. The Morgan fingerprint density at radius 1 is 1.27 bits per heavy atom. The summed E-state index contributed by atoms with van der Waals surface area (Å²) in [5.41, 5.74) is 3.19. The smallest absolute Gasteiger partial charge is 0.269 e. The molecule has 134 valence electrons. The predicted molar refractivity (Wildman–Crippen MR) is 97.4 cm³/mol. The van der Waals surface area contributed by atoms with Crippen LogP contribution < -0.4 is 4.74 Å². The van der Waals surface area contributed by atoms with Gasteiger partial charge in [0.1, 0.15) is 5.75 Å². The number of hydrazone groups is 1. The topological polar surface area (TPSA) is 85.0 Å². The van der Waals surface area contributed by atoms with E-state index in [0.717, 1.165) is 11.1 Å². The third kappa shape index (κ3) is 3.28. The minimum Gasteiger partial charge on any atom is -0.497 e. The largest absolute Gasteiger partial charge is 0.497 e. The van der Waals surface area contributed by atoms with Gasteiger partial charge in [-0.25, -0.2) is 5.01 Å². The first-order valence-corrected chi connectivity index (χ1v) is 8.21. The number of amides is 1. The molecule has 0 radical (unpaired) electrons. The van der Waals surface area contributed by atoms with Crippen molar-refractivity contribution in [2.75, 3.05) is 7.11 Å². The molecule has 1 amide bonds. The van der Waals surface area contributed by atoms with Crippen molar-refractivity contribution in [2.45, 2.75) is 26.3 Å². The number of hydrogen-bond donors (Lipinski definition) is 0. The number of rotatable bonds is 3. The van der Waals surface area contributed by atoms with Gasteiger partial charge in [0, 0.05) is 30.2 Å². The summed E-state index contributed by atoms with van der Waals surface area (Å²) in [4.78, 5) is 22.5. The van der Waals surface area contributed by atoms with Crippen LogP contribution in [0.3, 0.4) is 0 Å². The van der Waals surface area contributed by atoms with E-state index in [1.54, 1.807) is 19.2 Å². The van der Waals surface area contributed by atoms with Crippen LogP contribution in [0.1, 0.15) is 30.5 Å². The highest BCUT2D eigenvalue weighted by atomic mass is 16.6. The highest BCUT2D eigenvalue weighted by Gasteiger charge is 2.26. The highest BCUT2D eigenvalue weighted by molar-refractivity contribution is 6.14. The van der Waals surface area contributed by atoms with Crippen molar-refractivity contribution in [1.29, 1.82) is 0 Å². The van der Waals surface area contributed by atoms with Crippen LogP contribution in [0, 0.1) is 10.1 Å². The summed E-state index contributed by atoms with van der Waals surface area (Å²) >= 11 is 0. The fraction of sp³-hybridized carbons (Fsp3) is 0.263.